The SMILES string of the molecule is CCC1CCC(C)N1C(=O)NC1(C(=O)O)CCOC1. The van der Waals surface area contributed by atoms with E-state index in [4.69, 9.17) is 4.74 Å². The summed E-state index contributed by atoms with van der Waals surface area (Å²) in [6, 6.07) is 0.103. The Balaban J connectivity index is 2.09. The first-order chi connectivity index (χ1) is 9.00. The van der Waals surface area contributed by atoms with Crippen molar-refractivity contribution in [1.82, 2.24) is 10.2 Å². The maximum Gasteiger partial charge on any atom is 0.332 e. The van der Waals surface area contributed by atoms with Gasteiger partial charge in [-0.25, -0.2) is 9.59 Å². The molecule has 2 rings (SSSR count). The topological polar surface area (TPSA) is 78.9 Å². The molecule has 3 atom stereocenters. The smallest absolute Gasteiger partial charge is 0.332 e. The maximum atomic E-state index is 12.4. The van der Waals surface area contributed by atoms with Crippen LogP contribution in [0.2, 0.25) is 0 Å². The molecule has 2 aliphatic rings. The van der Waals surface area contributed by atoms with Gasteiger partial charge in [-0.1, -0.05) is 6.92 Å². The van der Waals surface area contributed by atoms with E-state index in [-0.39, 0.29) is 24.7 Å². The number of amides is 2. The molecule has 3 unspecified atom stereocenters. The quantitative estimate of drug-likeness (QED) is 0.807. The fourth-order valence-electron chi connectivity index (χ4n) is 2.99. The third-order valence-corrected chi connectivity index (χ3v) is 4.27. The summed E-state index contributed by atoms with van der Waals surface area (Å²) in [6.07, 6.45) is 3.19. The summed E-state index contributed by atoms with van der Waals surface area (Å²) in [5, 5.41) is 12.0. The van der Waals surface area contributed by atoms with Crippen molar-refractivity contribution in [3.63, 3.8) is 0 Å². The first-order valence-electron chi connectivity index (χ1n) is 6.92. The van der Waals surface area contributed by atoms with E-state index in [2.05, 4.69) is 12.2 Å². The Morgan fingerprint density at radius 3 is 2.74 bits per heavy atom. The van der Waals surface area contributed by atoms with E-state index in [0.29, 0.717) is 13.0 Å². The number of hydrogen-bond donors (Lipinski definition) is 2. The van der Waals surface area contributed by atoms with Gasteiger partial charge in [-0.2, -0.15) is 0 Å². The van der Waals surface area contributed by atoms with Crippen LogP contribution in [-0.2, 0) is 9.53 Å². The van der Waals surface area contributed by atoms with Crippen LogP contribution in [0, 0.1) is 0 Å². The number of nitrogens with zero attached hydrogens (tertiary/aromatic N) is 1. The van der Waals surface area contributed by atoms with Gasteiger partial charge in [0.05, 0.1) is 6.61 Å². The Kier molecular flexibility index (Phi) is 3.99. The minimum absolute atomic E-state index is 0.0487. The van der Waals surface area contributed by atoms with E-state index in [1.165, 1.54) is 0 Å². The number of carbonyl (C=O) groups excluding carboxylic acids is 1. The van der Waals surface area contributed by atoms with E-state index >= 15 is 0 Å². The highest BCUT2D eigenvalue weighted by atomic mass is 16.5. The molecule has 2 saturated heterocycles. The number of rotatable bonds is 3. The van der Waals surface area contributed by atoms with Gasteiger partial charge < -0.3 is 20.1 Å². The van der Waals surface area contributed by atoms with Crippen molar-refractivity contribution in [2.45, 2.75) is 57.2 Å². The van der Waals surface area contributed by atoms with Crippen molar-refractivity contribution in [1.29, 1.82) is 0 Å². The molecule has 0 radical (unpaired) electrons. The summed E-state index contributed by atoms with van der Waals surface area (Å²) in [7, 11) is 0. The summed E-state index contributed by atoms with van der Waals surface area (Å²) in [5.41, 5.74) is -1.25. The van der Waals surface area contributed by atoms with Crippen molar-refractivity contribution in [2.24, 2.45) is 0 Å². The van der Waals surface area contributed by atoms with Gasteiger partial charge in [0.2, 0.25) is 0 Å². The zero-order valence-electron chi connectivity index (χ0n) is 11.5. The Morgan fingerprint density at radius 1 is 1.47 bits per heavy atom. The molecule has 6 nitrogen and oxygen atoms in total. The number of aliphatic carboxylic acids is 1. The van der Waals surface area contributed by atoms with Crippen molar-refractivity contribution >= 4 is 12.0 Å². The average Bonchev–Trinajstić information content (AvgIpc) is 2.96. The first kappa shape index (κ1) is 14.1. The van der Waals surface area contributed by atoms with Gasteiger partial charge in [0.25, 0.3) is 0 Å². The fourth-order valence-corrected chi connectivity index (χ4v) is 2.99. The standard InChI is InChI=1S/C13H22N2O4/c1-3-10-5-4-9(2)15(10)12(18)14-13(11(16)17)6-7-19-8-13/h9-10H,3-8H2,1-2H3,(H,14,18)(H,16,17). The normalized spacial score (nSPS) is 34.5. The number of urea groups is 1. The molecular weight excluding hydrogens is 248 g/mol. The molecule has 2 fully saturated rings. The fraction of sp³-hybridized carbons (Fsp3) is 0.846. The van der Waals surface area contributed by atoms with E-state index in [1.807, 2.05) is 6.92 Å². The minimum Gasteiger partial charge on any atom is -0.479 e. The van der Waals surface area contributed by atoms with Gasteiger partial charge in [0.15, 0.2) is 5.54 Å². The van der Waals surface area contributed by atoms with Crippen LogP contribution in [0.15, 0.2) is 0 Å². The predicted molar refractivity (Wildman–Crippen MR) is 68.9 cm³/mol. The summed E-state index contributed by atoms with van der Waals surface area (Å²) >= 11 is 0. The number of likely N-dealkylation sites (tertiary alicyclic amines) is 1. The molecule has 0 aromatic rings. The Morgan fingerprint density at radius 2 is 2.21 bits per heavy atom. The zero-order chi connectivity index (χ0) is 14.0. The van der Waals surface area contributed by atoms with Gasteiger partial charge in [-0.15, -0.1) is 0 Å². The van der Waals surface area contributed by atoms with Gasteiger partial charge in [-0.05, 0) is 26.2 Å². The highest BCUT2D eigenvalue weighted by Gasteiger charge is 2.46. The second-order valence-electron chi connectivity index (χ2n) is 5.52. The predicted octanol–water partition coefficient (Wildman–Crippen LogP) is 1.20. The van der Waals surface area contributed by atoms with Crippen LogP contribution in [0.5, 0.6) is 0 Å². The molecule has 2 N–H and O–H groups in total. The number of ether oxygens (including phenoxy) is 1. The summed E-state index contributed by atoms with van der Waals surface area (Å²) in [5.74, 6) is -1.02. The molecule has 0 aliphatic carbocycles. The molecule has 0 saturated carbocycles. The van der Waals surface area contributed by atoms with Crippen LogP contribution in [-0.4, -0.2) is 52.8 Å². The van der Waals surface area contributed by atoms with Crippen molar-refractivity contribution < 1.29 is 19.4 Å². The number of carbonyl (C=O) groups is 2. The number of carboxylic acids is 1. The van der Waals surface area contributed by atoms with Gasteiger partial charge in [0, 0.05) is 25.1 Å². The highest BCUT2D eigenvalue weighted by molar-refractivity contribution is 5.87. The van der Waals surface area contributed by atoms with Gasteiger partial charge in [-0.3, -0.25) is 0 Å². The summed E-state index contributed by atoms with van der Waals surface area (Å²) in [6.45, 7) is 4.48. The van der Waals surface area contributed by atoms with Crippen LogP contribution < -0.4 is 5.32 Å². The minimum atomic E-state index is -1.25. The second kappa shape index (κ2) is 5.36. The monoisotopic (exact) mass is 270 g/mol. The van der Waals surface area contributed by atoms with Crippen molar-refractivity contribution in [3.8, 4) is 0 Å². The summed E-state index contributed by atoms with van der Waals surface area (Å²) in [4.78, 5) is 25.6. The van der Waals surface area contributed by atoms with Gasteiger partial charge in [0.1, 0.15) is 0 Å². The number of hydrogen-bond acceptors (Lipinski definition) is 3. The van der Waals surface area contributed by atoms with Crippen LogP contribution in [0.25, 0.3) is 0 Å². The van der Waals surface area contributed by atoms with Crippen LogP contribution >= 0.6 is 0 Å². The van der Waals surface area contributed by atoms with Crippen LogP contribution in [0.4, 0.5) is 4.79 Å². The van der Waals surface area contributed by atoms with Crippen LogP contribution in [0.3, 0.4) is 0 Å². The number of carboxylic acid groups (broad SMARTS) is 1. The zero-order valence-corrected chi connectivity index (χ0v) is 11.5. The Labute approximate surface area is 113 Å². The average molecular weight is 270 g/mol. The lowest BCUT2D eigenvalue weighted by molar-refractivity contribution is -0.144. The highest BCUT2D eigenvalue weighted by Crippen LogP contribution is 2.27. The molecular formula is C13H22N2O4. The lowest BCUT2D eigenvalue weighted by Gasteiger charge is -2.32. The molecule has 2 amide bonds. The van der Waals surface area contributed by atoms with Gasteiger partial charge >= 0.3 is 12.0 Å². The third-order valence-electron chi connectivity index (χ3n) is 4.27. The molecule has 0 aromatic heterocycles. The molecule has 108 valence electrons. The molecule has 19 heavy (non-hydrogen) atoms. The van der Waals surface area contributed by atoms with Crippen LogP contribution in [0.1, 0.15) is 39.5 Å². The second-order valence-corrected chi connectivity index (χ2v) is 5.52. The molecule has 6 heteroatoms. The molecule has 0 aromatic carbocycles. The van der Waals surface area contributed by atoms with E-state index < -0.39 is 11.5 Å². The first-order valence-corrected chi connectivity index (χ1v) is 6.92. The molecule has 2 heterocycles. The van der Waals surface area contributed by atoms with E-state index in [9.17, 15) is 14.7 Å². The number of nitrogens with one attached hydrogen (secondary N) is 1. The lowest BCUT2D eigenvalue weighted by atomic mass is 9.99. The molecule has 0 spiro atoms. The Bertz CT molecular complexity index is 366. The molecule has 2 aliphatic heterocycles. The van der Waals surface area contributed by atoms with Crippen molar-refractivity contribution in [3.05, 3.63) is 0 Å². The largest absolute Gasteiger partial charge is 0.479 e. The summed E-state index contributed by atoms with van der Waals surface area (Å²) < 4.78 is 5.15. The Hall–Kier alpha value is -1.30. The maximum absolute atomic E-state index is 12.4. The third kappa shape index (κ3) is 2.54. The van der Waals surface area contributed by atoms with Crippen molar-refractivity contribution in [2.75, 3.05) is 13.2 Å². The van der Waals surface area contributed by atoms with E-state index in [1.54, 1.807) is 4.90 Å². The van der Waals surface area contributed by atoms with E-state index in [0.717, 1.165) is 19.3 Å². The lowest BCUT2D eigenvalue weighted by Crippen LogP contribution is -2.59. The molecule has 0 bridgehead atoms.